The van der Waals surface area contributed by atoms with E-state index in [0.29, 0.717) is 5.02 Å². The lowest BCUT2D eigenvalue weighted by Gasteiger charge is -2.21. The van der Waals surface area contributed by atoms with Gasteiger partial charge in [0, 0.05) is 10.6 Å². The molecule has 0 radical (unpaired) electrons. The van der Waals surface area contributed by atoms with Crippen molar-refractivity contribution in [1.82, 2.24) is 10.6 Å². The molecule has 0 spiro atoms. The zero-order chi connectivity index (χ0) is 17.1. The van der Waals surface area contributed by atoms with Crippen molar-refractivity contribution in [3.8, 4) is 0 Å². The van der Waals surface area contributed by atoms with Gasteiger partial charge >= 0.3 is 0 Å². The van der Waals surface area contributed by atoms with Crippen molar-refractivity contribution in [2.45, 2.75) is 12.5 Å². The molecular formula is C17H13ClFN3O2. The van der Waals surface area contributed by atoms with Gasteiger partial charge in [0.2, 0.25) is 11.9 Å². The Bertz CT molecular complexity index is 821. The summed E-state index contributed by atoms with van der Waals surface area (Å²) in [6, 6.07) is 11.8. The van der Waals surface area contributed by atoms with Crippen LogP contribution in [0.4, 0.5) is 4.39 Å². The van der Waals surface area contributed by atoms with E-state index < -0.39 is 17.8 Å². The fraction of sp³-hybridized carbons (Fsp3) is 0.118. The summed E-state index contributed by atoms with van der Waals surface area (Å²) >= 11 is 5.85. The van der Waals surface area contributed by atoms with Gasteiger partial charge in [0.1, 0.15) is 5.82 Å². The van der Waals surface area contributed by atoms with Crippen LogP contribution < -0.4 is 10.6 Å². The Hall–Kier alpha value is -2.73. The van der Waals surface area contributed by atoms with Gasteiger partial charge in [-0.3, -0.25) is 20.2 Å². The molecule has 1 aliphatic heterocycles. The molecule has 122 valence electrons. The van der Waals surface area contributed by atoms with Gasteiger partial charge in [-0.1, -0.05) is 29.8 Å². The van der Waals surface area contributed by atoms with Gasteiger partial charge in [0.15, 0.2) is 0 Å². The molecule has 1 atom stereocenters. The molecule has 3 rings (SSSR count). The first-order chi connectivity index (χ1) is 11.5. The second-order valence-corrected chi connectivity index (χ2v) is 5.70. The molecule has 0 unspecified atom stereocenters. The van der Waals surface area contributed by atoms with Crippen molar-refractivity contribution in [3.05, 3.63) is 70.5 Å². The smallest absolute Gasteiger partial charge is 0.258 e. The Morgan fingerprint density at radius 1 is 1.25 bits per heavy atom. The lowest BCUT2D eigenvalue weighted by molar-refractivity contribution is -0.120. The maximum atomic E-state index is 13.2. The maximum Gasteiger partial charge on any atom is 0.258 e. The number of carbonyl (C=O) groups is 2. The number of amides is 2. The fourth-order valence-electron chi connectivity index (χ4n) is 2.34. The molecule has 7 heteroatoms. The Balaban J connectivity index is 1.80. The van der Waals surface area contributed by atoms with Crippen molar-refractivity contribution < 1.29 is 14.0 Å². The van der Waals surface area contributed by atoms with E-state index in [1.807, 2.05) is 0 Å². The number of rotatable bonds is 2. The molecule has 0 aliphatic carbocycles. The molecule has 0 saturated heterocycles. The second kappa shape index (κ2) is 6.80. The van der Waals surface area contributed by atoms with Crippen LogP contribution >= 0.6 is 11.6 Å². The third kappa shape index (κ3) is 3.78. The summed E-state index contributed by atoms with van der Waals surface area (Å²) in [5.41, 5.74) is 0.951. The van der Waals surface area contributed by atoms with Crippen molar-refractivity contribution in [2.24, 2.45) is 4.99 Å². The molecule has 0 bridgehead atoms. The highest BCUT2D eigenvalue weighted by Gasteiger charge is 2.23. The normalized spacial score (nSPS) is 17.0. The first-order valence-corrected chi connectivity index (χ1v) is 7.59. The molecule has 1 heterocycles. The number of benzene rings is 2. The number of hydrogen-bond donors (Lipinski definition) is 2. The van der Waals surface area contributed by atoms with E-state index >= 15 is 0 Å². The quantitative estimate of drug-likeness (QED) is 0.878. The van der Waals surface area contributed by atoms with Crippen molar-refractivity contribution in [1.29, 1.82) is 0 Å². The Morgan fingerprint density at radius 3 is 2.71 bits per heavy atom. The van der Waals surface area contributed by atoms with Gasteiger partial charge in [-0.15, -0.1) is 0 Å². The fourth-order valence-corrected chi connectivity index (χ4v) is 2.47. The van der Waals surface area contributed by atoms with Crippen LogP contribution in [0.25, 0.3) is 0 Å². The molecule has 24 heavy (non-hydrogen) atoms. The molecule has 0 fully saturated rings. The minimum Gasteiger partial charge on any atom is -0.296 e. The summed E-state index contributed by atoms with van der Waals surface area (Å²) in [5, 5.41) is 5.58. The van der Waals surface area contributed by atoms with Gasteiger partial charge < -0.3 is 0 Å². The number of carbonyl (C=O) groups excluding carboxylic acids is 2. The van der Waals surface area contributed by atoms with Crippen LogP contribution in [0.15, 0.2) is 53.5 Å². The molecule has 1 aliphatic rings. The lowest BCUT2D eigenvalue weighted by Crippen LogP contribution is -2.47. The van der Waals surface area contributed by atoms with Crippen LogP contribution in [0.5, 0.6) is 0 Å². The number of hydrogen-bond acceptors (Lipinski definition) is 3. The molecule has 2 N–H and O–H groups in total. The summed E-state index contributed by atoms with van der Waals surface area (Å²) in [7, 11) is 0. The highest BCUT2D eigenvalue weighted by molar-refractivity contribution is 6.30. The molecule has 2 amide bonds. The maximum absolute atomic E-state index is 13.2. The first-order valence-electron chi connectivity index (χ1n) is 7.21. The summed E-state index contributed by atoms with van der Waals surface area (Å²) in [4.78, 5) is 28.3. The van der Waals surface area contributed by atoms with Crippen LogP contribution in [0.2, 0.25) is 5.02 Å². The molecule has 5 nitrogen and oxygen atoms in total. The van der Waals surface area contributed by atoms with Gasteiger partial charge in [-0.2, -0.15) is 0 Å². The highest BCUT2D eigenvalue weighted by atomic mass is 35.5. The predicted molar refractivity (Wildman–Crippen MR) is 88.3 cm³/mol. The molecule has 0 saturated carbocycles. The van der Waals surface area contributed by atoms with Gasteiger partial charge in [-0.25, -0.2) is 9.38 Å². The topological polar surface area (TPSA) is 70.6 Å². The van der Waals surface area contributed by atoms with Crippen LogP contribution in [0.1, 0.15) is 28.4 Å². The lowest BCUT2D eigenvalue weighted by atomic mass is 10.0. The largest absolute Gasteiger partial charge is 0.296 e. The van der Waals surface area contributed by atoms with Crippen molar-refractivity contribution in [3.63, 3.8) is 0 Å². The zero-order valence-electron chi connectivity index (χ0n) is 12.4. The van der Waals surface area contributed by atoms with Gasteiger partial charge in [-0.05, 0) is 35.9 Å². The Labute approximate surface area is 142 Å². The molecule has 2 aromatic rings. The minimum atomic E-state index is -0.551. The number of nitrogens with one attached hydrogen (secondary N) is 2. The van der Waals surface area contributed by atoms with Gasteiger partial charge in [0.05, 0.1) is 12.5 Å². The van der Waals surface area contributed by atoms with E-state index in [-0.39, 0.29) is 23.9 Å². The predicted octanol–water partition coefficient (Wildman–Crippen LogP) is 2.83. The van der Waals surface area contributed by atoms with Crippen LogP contribution in [-0.4, -0.2) is 17.8 Å². The minimum absolute atomic E-state index is 0.0421. The van der Waals surface area contributed by atoms with Crippen molar-refractivity contribution >= 4 is 29.4 Å². The second-order valence-electron chi connectivity index (χ2n) is 5.26. The average molecular weight is 346 g/mol. The number of nitrogens with zero attached hydrogens (tertiary/aromatic N) is 1. The Morgan fingerprint density at radius 2 is 2.00 bits per heavy atom. The monoisotopic (exact) mass is 345 g/mol. The van der Waals surface area contributed by atoms with Crippen LogP contribution in [0.3, 0.4) is 0 Å². The van der Waals surface area contributed by atoms with Crippen LogP contribution in [-0.2, 0) is 4.79 Å². The van der Waals surface area contributed by atoms with Gasteiger partial charge in [0.25, 0.3) is 5.91 Å². The third-order valence-electron chi connectivity index (χ3n) is 3.50. The van der Waals surface area contributed by atoms with Crippen LogP contribution in [0, 0.1) is 5.82 Å². The first kappa shape index (κ1) is 16.1. The Kier molecular flexibility index (Phi) is 4.57. The third-order valence-corrected chi connectivity index (χ3v) is 3.75. The summed E-state index contributed by atoms with van der Waals surface area (Å²) in [6.45, 7) is 0. The number of aliphatic imine (C=N–C) groups is 1. The number of halogens is 2. The van der Waals surface area contributed by atoms with E-state index in [9.17, 15) is 14.0 Å². The highest BCUT2D eigenvalue weighted by Crippen LogP contribution is 2.24. The summed E-state index contributed by atoms with van der Waals surface area (Å²) < 4.78 is 13.2. The SMILES string of the molecule is O=C1C[C@H](c2ccc(Cl)cc2)N=C(NC(=O)c2cccc(F)c2)N1. The molecular weight excluding hydrogens is 333 g/mol. The molecule has 0 aromatic heterocycles. The number of guanidine groups is 1. The average Bonchev–Trinajstić information content (AvgIpc) is 2.55. The van der Waals surface area contributed by atoms with E-state index in [2.05, 4.69) is 15.6 Å². The van der Waals surface area contributed by atoms with E-state index in [0.717, 1.165) is 11.6 Å². The van der Waals surface area contributed by atoms with E-state index in [1.165, 1.54) is 18.2 Å². The van der Waals surface area contributed by atoms with Crippen molar-refractivity contribution in [2.75, 3.05) is 0 Å². The molecule has 2 aromatic carbocycles. The zero-order valence-corrected chi connectivity index (χ0v) is 13.2. The summed E-state index contributed by atoms with van der Waals surface area (Å²) in [5.74, 6) is -1.29. The standard InChI is InChI=1S/C17H13ClFN3O2/c18-12-6-4-10(5-7-12)14-9-15(23)21-17(20-14)22-16(24)11-2-1-3-13(19)8-11/h1-8,14H,9H2,(H2,20,21,22,23,24)/t14-/m1/s1. The summed E-state index contributed by atoms with van der Waals surface area (Å²) in [6.07, 6.45) is 0.168. The van der Waals surface area contributed by atoms with E-state index in [4.69, 9.17) is 11.6 Å². The van der Waals surface area contributed by atoms with E-state index in [1.54, 1.807) is 24.3 Å².